The van der Waals surface area contributed by atoms with Gasteiger partial charge in [0.25, 0.3) is 5.91 Å². The lowest BCUT2D eigenvalue weighted by atomic mass is 10.3. The van der Waals surface area contributed by atoms with Gasteiger partial charge in [0, 0.05) is 26.1 Å². The van der Waals surface area contributed by atoms with Crippen molar-refractivity contribution in [2.45, 2.75) is 19.4 Å². The number of carbonyl (C=O) groups excluding carboxylic acids is 1. The number of nitrogens with one attached hydrogen (secondary N) is 2. The van der Waals surface area contributed by atoms with Crippen molar-refractivity contribution >= 4 is 18.1 Å². The Morgan fingerprint density at radius 3 is 3.00 bits per heavy atom. The first-order valence-corrected chi connectivity index (χ1v) is 7.18. The number of nitrogens with zero attached hydrogens (tertiary/aromatic N) is 2. The summed E-state index contributed by atoms with van der Waals surface area (Å²) in [5.41, 5.74) is 0. The molecule has 1 atom stereocenters. The normalized spacial score (nSPS) is 12.0. The summed E-state index contributed by atoms with van der Waals surface area (Å²) in [5.74, 6) is 0.387. The molecule has 0 unspecified atom stereocenters. The minimum Gasteiger partial charge on any atom is -0.481 e. The van der Waals surface area contributed by atoms with Crippen LogP contribution in [0.15, 0.2) is 24.3 Å². The van der Waals surface area contributed by atoms with E-state index in [4.69, 9.17) is 17.0 Å². The predicted octanol–water partition coefficient (Wildman–Crippen LogP) is 1.74. The molecule has 8 heteroatoms. The third-order valence-electron chi connectivity index (χ3n) is 3.10. The molecular weight excluding hydrogens is 307 g/mol. The molecule has 6 nitrogen and oxygen atoms in total. The van der Waals surface area contributed by atoms with Gasteiger partial charge in [0.15, 0.2) is 10.9 Å². The fraction of sp³-hybridized carbons (Fsp3) is 0.357. The standard InChI is InChI=1S/C14H17FN4O2S/c1-9(21-11-5-3-4-10(15)8-11)13(20)16-7-6-12-17-18-14(22)19(12)2/h3-5,8-9H,6-7H2,1-2H3,(H,16,20)(H,18,22)/t9-/m1/s1. The third kappa shape index (κ3) is 4.14. The number of halogens is 1. The van der Waals surface area contributed by atoms with E-state index in [2.05, 4.69) is 15.5 Å². The van der Waals surface area contributed by atoms with Gasteiger partial charge < -0.3 is 14.6 Å². The number of H-pyrrole nitrogens is 1. The maximum absolute atomic E-state index is 13.0. The van der Waals surface area contributed by atoms with Gasteiger partial charge in [-0.05, 0) is 31.3 Å². The Kier molecular flexibility index (Phi) is 5.26. The first-order chi connectivity index (χ1) is 10.5. The molecule has 0 aliphatic rings. The van der Waals surface area contributed by atoms with Gasteiger partial charge in [0.05, 0.1) is 0 Å². The molecule has 0 saturated carbocycles. The highest BCUT2D eigenvalue weighted by Gasteiger charge is 2.14. The van der Waals surface area contributed by atoms with Crippen LogP contribution in [-0.2, 0) is 18.3 Å². The predicted molar refractivity (Wildman–Crippen MR) is 81.6 cm³/mol. The summed E-state index contributed by atoms with van der Waals surface area (Å²) >= 11 is 5.01. The fourth-order valence-corrected chi connectivity index (χ4v) is 1.99. The molecular formula is C14H17FN4O2S. The van der Waals surface area contributed by atoms with Gasteiger partial charge in [-0.3, -0.25) is 9.89 Å². The first-order valence-electron chi connectivity index (χ1n) is 6.77. The molecule has 118 valence electrons. The summed E-state index contributed by atoms with van der Waals surface area (Å²) in [4.78, 5) is 11.9. The summed E-state index contributed by atoms with van der Waals surface area (Å²) in [6.45, 7) is 2.01. The highest BCUT2D eigenvalue weighted by molar-refractivity contribution is 7.71. The zero-order valence-corrected chi connectivity index (χ0v) is 13.1. The van der Waals surface area contributed by atoms with E-state index < -0.39 is 11.9 Å². The third-order valence-corrected chi connectivity index (χ3v) is 3.46. The van der Waals surface area contributed by atoms with E-state index in [0.29, 0.717) is 23.5 Å². The van der Waals surface area contributed by atoms with Gasteiger partial charge in [0.1, 0.15) is 17.4 Å². The van der Waals surface area contributed by atoms with Crippen molar-refractivity contribution in [3.8, 4) is 5.75 Å². The van der Waals surface area contributed by atoms with Gasteiger partial charge in [-0.25, -0.2) is 4.39 Å². The van der Waals surface area contributed by atoms with Crippen LogP contribution in [0, 0.1) is 10.6 Å². The van der Waals surface area contributed by atoms with E-state index in [1.165, 1.54) is 18.2 Å². The van der Waals surface area contributed by atoms with Crippen molar-refractivity contribution in [3.05, 3.63) is 40.7 Å². The van der Waals surface area contributed by atoms with E-state index in [0.717, 1.165) is 5.82 Å². The molecule has 0 radical (unpaired) electrons. The van der Waals surface area contributed by atoms with Gasteiger partial charge in [-0.2, -0.15) is 5.10 Å². The van der Waals surface area contributed by atoms with Crippen LogP contribution in [0.5, 0.6) is 5.75 Å². The Morgan fingerprint density at radius 2 is 2.36 bits per heavy atom. The molecule has 0 spiro atoms. The molecule has 0 bridgehead atoms. The average Bonchev–Trinajstić information content (AvgIpc) is 2.79. The minimum absolute atomic E-state index is 0.277. The van der Waals surface area contributed by atoms with Crippen molar-refractivity contribution in [1.29, 1.82) is 0 Å². The van der Waals surface area contributed by atoms with E-state index in [1.54, 1.807) is 24.6 Å². The largest absolute Gasteiger partial charge is 0.481 e. The molecule has 0 saturated heterocycles. The number of benzene rings is 1. The number of hydrogen-bond donors (Lipinski definition) is 2. The van der Waals surface area contributed by atoms with Crippen molar-refractivity contribution in [1.82, 2.24) is 20.1 Å². The number of aromatic nitrogens is 3. The monoisotopic (exact) mass is 324 g/mol. The molecule has 1 aromatic carbocycles. The lowest BCUT2D eigenvalue weighted by Crippen LogP contribution is -2.37. The second kappa shape index (κ2) is 7.17. The van der Waals surface area contributed by atoms with E-state index in [-0.39, 0.29) is 5.91 Å². The Balaban J connectivity index is 1.81. The first kappa shape index (κ1) is 16.2. The quantitative estimate of drug-likeness (QED) is 0.794. The Morgan fingerprint density at radius 1 is 1.59 bits per heavy atom. The lowest BCUT2D eigenvalue weighted by Gasteiger charge is -2.14. The van der Waals surface area contributed by atoms with Crippen LogP contribution in [0.1, 0.15) is 12.7 Å². The van der Waals surface area contributed by atoms with Crippen LogP contribution in [0.2, 0.25) is 0 Å². The molecule has 2 rings (SSSR count). The second-order valence-corrected chi connectivity index (χ2v) is 5.15. The molecule has 0 aliphatic carbocycles. The van der Waals surface area contributed by atoms with Crippen LogP contribution in [0.4, 0.5) is 4.39 Å². The van der Waals surface area contributed by atoms with Crippen molar-refractivity contribution in [2.24, 2.45) is 7.05 Å². The molecule has 1 heterocycles. The van der Waals surface area contributed by atoms with Gasteiger partial charge in [-0.15, -0.1) is 0 Å². The summed E-state index contributed by atoms with van der Waals surface area (Å²) in [7, 11) is 1.80. The van der Waals surface area contributed by atoms with Gasteiger partial charge in [0.2, 0.25) is 0 Å². The van der Waals surface area contributed by atoms with Gasteiger partial charge in [-0.1, -0.05) is 6.07 Å². The van der Waals surface area contributed by atoms with Crippen LogP contribution in [-0.4, -0.2) is 33.3 Å². The number of amides is 1. The molecule has 22 heavy (non-hydrogen) atoms. The molecule has 0 fully saturated rings. The summed E-state index contributed by atoms with van der Waals surface area (Å²) in [5, 5.41) is 9.48. The molecule has 1 aromatic heterocycles. The van der Waals surface area contributed by atoms with E-state index in [9.17, 15) is 9.18 Å². The highest BCUT2D eigenvalue weighted by Crippen LogP contribution is 2.13. The molecule has 2 aromatic rings. The topological polar surface area (TPSA) is 71.9 Å². The number of aromatic amines is 1. The maximum atomic E-state index is 13.0. The zero-order chi connectivity index (χ0) is 16.1. The van der Waals surface area contributed by atoms with Gasteiger partial charge >= 0.3 is 0 Å². The lowest BCUT2D eigenvalue weighted by molar-refractivity contribution is -0.127. The zero-order valence-electron chi connectivity index (χ0n) is 12.3. The fourth-order valence-electron chi connectivity index (χ4n) is 1.84. The number of rotatable bonds is 6. The van der Waals surface area contributed by atoms with Crippen LogP contribution >= 0.6 is 12.2 Å². The minimum atomic E-state index is -0.718. The summed E-state index contributed by atoms with van der Waals surface area (Å²) in [6, 6.07) is 5.68. The van der Waals surface area contributed by atoms with Crippen molar-refractivity contribution in [2.75, 3.05) is 6.54 Å². The number of hydrogen-bond acceptors (Lipinski definition) is 4. The van der Waals surface area contributed by atoms with Crippen molar-refractivity contribution < 1.29 is 13.9 Å². The maximum Gasteiger partial charge on any atom is 0.260 e. The smallest absolute Gasteiger partial charge is 0.260 e. The van der Waals surface area contributed by atoms with E-state index >= 15 is 0 Å². The molecule has 1 amide bonds. The van der Waals surface area contributed by atoms with Crippen LogP contribution < -0.4 is 10.1 Å². The Hall–Kier alpha value is -2.22. The average molecular weight is 324 g/mol. The SMILES string of the molecule is C[C@@H](Oc1cccc(F)c1)C(=O)NCCc1n[nH]c(=S)n1C. The van der Waals surface area contributed by atoms with E-state index in [1.807, 2.05) is 0 Å². The second-order valence-electron chi connectivity index (χ2n) is 4.76. The molecule has 2 N–H and O–H groups in total. The Bertz CT molecular complexity index is 713. The Labute approximate surface area is 132 Å². The van der Waals surface area contributed by atoms with Crippen LogP contribution in [0.3, 0.4) is 0 Å². The number of carbonyl (C=O) groups is 1. The van der Waals surface area contributed by atoms with Crippen LogP contribution in [0.25, 0.3) is 0 Å². The summed E-state index contributed by atoms with van der Waals surface area (Å²) < 4.78 is 20.7. The highest BCUT2D eigenvalue weighted by atomic mass is 32.1. The summed E-state index contributed by atoms with van der Waals surface area (Å²) in [6.07, 6.45) is -0.175. The van der Waals surface area contributed by atoms with Crippen molar-refractivity contribution in [3.63, 3.8) is 0 Å². The molecule has 0 aliphatic heterocycles. The number of ether oxygens (including phenoxy) is 1.